The van der Waals surface area contributed by atoms with Gasteiger partial charge in [-0.25, -0.2) is 0 Å². The fourth-order valence-corrected chi connectivity index (χ4v) is 3.09. The van der Waals surface area contributed by atoms with Gasteiger partial charge in [0.25, 0.3) is 0 Å². The van der Waals surface area contributed by atoms with Crippen molar-refractivity contribution in [2.24, 2.45) is 0 Å². The van der Waals surface area contributed by atoms with Gasteiger partial charge in [-0.05, 0) is 32.3 Å². The Morgan fingerprint density at radius 1 is 1.18 bits per heavy atom. The first-order valence-corrected chi connectivity index (χ1v) is 7.39. The van der Waals surface area contributed by atoms with Crippen molar-refractivity contribution in [2.45, 2.75) is 38.9 Å². The molecule has 1 rings (SSSR count). The highest BCUT2D eigenvalue weighted by molar-refractivity contribution is 7.84. The molecule has 0 spiro atoms. The Balaban J connectivity index is 2.43. The number of nitrogens with zero attached hydrogens (tertiary/aromatic N) is 1. The lowest BCUT2D eigenvalue weighted by Crippen LogP contribution is -2.01. The first-order chi connectivity index (χ1) is 8.11. The Bertz CT molecular complexity index is 414. The van der Waals surface area contributed by atoms with Crippen molar-refractivity contribution in [2.75, 3.05) is 5.75 Å². The third-order valence-corrected chi connectivity index (χ3v) is 3.92. The van der Waals surface area contributed by atoms with Crippen LogP contribution in [0.15, 0.2) is 18.2 Å². The fraction of sp³-hybridized carbons (Fsp3) is 0.500. The van der Waals surface area contributed by atoms with E-state index in [9.17, 15) is 4.21 Å². The lowest BCUT2D eigenvalue weighted by atomic mass is 10.1. The summed E-state index contributed by atoms with van der Waals surface area (Å²) < 4.78 is 11.8. The molecule has 1 atom stereocenters. The molecule has 3 heteroatoms. The topological polar surface area (TPSA) is 40.9 Å². The third kappa shape index (κ3) is 5.65. The molecule has 0 radical (unpaired) electrons. The largest absolute Gasteiger partial charge is 0.259 e. The van der Waals surface area contributed by atoms with E-state index in [2.05, 4.69) is 38.1 Å². The van der Waals surface area contributed by atoms with Crippen molar-refractivity contribution < 1.29 is 4.21 Å². The van der Waals surface area contributed by atoms with Crippen molar-refractivity contribution >= 4 is 10.8 Å². The summed E-state index contributed by atoms with van der Waals surface area (Å²) in [6, 6.07) is 8.43. The normalized spacial score (nSPS) is 12.1. The van der Waals surface area contributed by atoms with Gasteiger partial charge in [0.2, 0.25) is 0 Å². The maximum Gasteiger partial charge on any atom is 0.0621 e. The highest BCUT2D eigenvalue weighted by atomic mass is 32.2. The van der Waals surface area contributed by atoms with Crippen molar-refractivity contribution in [3.8, 4) is 6.07 Å². The highest BCUT2D eigenvalue weighted by Gasteiger charge is 2.03. The van der Waals surface area contributed by atoms with Crippen LogP contribution in [0, 0.1) is 25.2 Å². The van der Waals surface area contributed by atoms with Gasteiger partial charge in [-0.1, -0.05) is 29.3 Å². The second kappa shape index (κ2) is 7.24. The number of hydrogen-bond donors (Lipinski definition) is 0. The zero-order chi connectivity index (χ0) is 12.7. The van der Waals surface area contributed by atoms with Crippen LogP contribution < -0.4 is 0 Å². The van der Waals surface area contributed by atoms with Crippen LogP contribution in [0.2, 0.25) is 0 Å². The Morgan fingerprint density at radius 2 is 1.82 bits per heavy atom. The fourth-order valence-electron chi connectivity index (χ4n) is 1.88. The molecule has 0 aliphatic rings. The standard InChI is InChI=1S/C14H19NOS/c1-12-8-13(2)10-14(9-12)11-17(16)7-5-3-4-6-15/h8-10H,3-5,7,11H2,1-2H3. The van der Waals surface area contributed by atoms with E-state index in [0.29, 0.717) is 17.9 Å². The minimum Gasteiger partial charge on any atom is -0.259 e. The molecule has 0 aliphatic heterocycles. The van der Waals surface area contributed by atoms with E-state index in [1.807, 2.05) is 0 Å². The molecule has 0 saturated heterocycles. The van der Waals surface area contributed by atoms with Gasteiger partial charge in [0, 0.05) is 28.7 Å². The second-order valence-electron chi connectivity index (χ2n) is 4.40. The first kappa shape index (κ1) is 13.9. The quantitative estimate of drug-likeness (QED) is 0.726. The van der Waals surface area contributed by atoms with Gasteiger partial charge in [-0.2, -0.15) is 5.26 Å². The molecule has 0 saturated carbocycles. The van der Waals surface area contributed by atoms with E-state index in [1.54, 1.807) is 0 Å². The lowest BCUT2D eigenvalue weighted by molar-refractivity contribution is 0.677. The third-order valence-electron chi connectivity index (χ3n) is 2.52. The second-order valence-corrected chi connectivity index (χ2v) is 5.98. The highest BCUT2D eigenvalue weighted by Crippen LogP contribution is 2.11. The molecule has 1 unspecified atom stereocenters. The van der Waals surface area contributed by atoms with Gasteiger partial charge in [0.1, 0.15) is 0 Å². The molecular weight excluding hydrogens is 230 g/mol. The zero-order valence-corrected chi connectivity index (χ0v) is 11.3. The SMILES string of the molecule is Cc1cc(C)cc(CS(=O)CCCCC#N)c1. The van der Waals surface area contributed by atoms with Gasteiger partial charge < -0.3 is 0 Å². The van der Waals surface area contributed by atoms with Crippen LogP contribution in [0.3, 0.4) is 0 Å². The first-order valence-electron chi connectivity index (χ1n) is 5.91. The lowest BCUT2D eigenvalue weighted by Gasteiger charge is -2.05. The van der Waals surface area contributed by atoms with E-state index in [-0.39, 0.29) is 0 Å². The maximum atomic E-state index is 11.8. The maximum absolute atomic E-state index is 11.8. The summed E-state index contributed by atoms with van der Waals surface area (Å²) >= 11 is 0. The van der Waals surface area contributed by atoms with E-state index < -0.39 is 10.8 Å². The Labute approximate surface area is 106 Å². The molecule has 1 aromatic rings. The van der Waals surface area contributed by atoms with Crippen LogP contribution in [0.5, 0.6) is 0 Å². The van der Waals surface area contributed by atoms with Crippen molar-refractivity contribution in [1.29, 1.82) is 5.26 Å². The van der Waals surface area contributed by atoms with E-state index in [0.717, 1.165) is 18.4 Å². The molecule has 0 amide bonds. The molecule has 0 aromatic heterocycles. The van der Waals surface area contributed by atoms with Gasteiger partial charge in [0.05, 0.1) is 6.07 Å². The Morgan fingerprint density at radius 3 is 2.41 bits per heavy atom. The Kier molecular flexibility index (Phi) is 5.93. The molecule has 17 heavy (non-hydrogen) atoms. The molecule has 0 bridgehead atoms. The predicted octanol–water partition coefficient (Wildman–Crippen LogP) is 3.25. The smallest absolute Gasteiger partial charge is 0.0621 e. The van der Waals surface area contributed by atoms with Crippen LogP contribution in [0.1, 0.15) is 36.0 Å². The molecule has 0 aliphatic carbocycles. The summed E-state index contributed by atoms with van der Waals surface area (Å²) in [6.07, 6.45) is 2.31. The van der Waals surface area contributed by atoms with Crippen molar-refractivity contribution in [1.82, 2.24) is 0 Å². The molecule has 92 valence electrons. The van der Waals surface area contributed by atoms with Crippen molar-refractivity contribution in [3.05, 3.63) is 34.9 Å². The summed E-state index contributed by atoms with van der Waals surface area (Å²) in [5.74, 6) is 1.34. The van der Waals surface area contributed by atoms with Crippen LogP contribution in [0.4, 0.5) is 0 Å². The molecular formula is C14H19NOS. The number of hydrogen-bond acceptors (Lipinski definition) is 2. The molecule has 0 fully saturated rings. The molecule has 2 nitrogen and oxygen atoms in total. The number of aryl methyl sites for hydroxylation is 2. The van der Waals surface area contributed by atoms with Gasteiger partial charge in [-0.15, -0.1) is 0 Å². The Hall–Kier alpha value is -1.14. The minimum absolute atomic E-state index is 0.570. The van der Waals surface area contributed by atoms with Crippen LogP contribution >= 0.6 is 0 Å². The summed E-state index contributed by atoms with van der Waals surface area (Å²) in [4.78, 5) is 0. The van der Waals surface area contributed by atoms with Crippen LogP contribution in [-0.2, 0) is 16.6 Å². The van der Waals surface area contributed by atoms with Gasteiger partial charge in [0.15, 0.2) is 0 Å². The predicted molar refractivity (Wildman–Crippen MR) is 72.1 cm³/mol. The molecule has 1 aromatic carbocycles. The van der Waals surface area contributed by atoms with Crippen LogP contribution in [-0.4, -0.2) is 9.96 Å². The summed E-state index contributed by atoms with van der Waals surface area (Å²) in [6.45, 7) is 4.12. The van der Waals surface area contributed by atoms with Crippen molar-refractivity contribution in [3.63, 3.8) is 0 Å². The number of benzene rings is 1. The molecule has 0 heterocycles. The van der Waals surface area contributed by atoms with E-state index in [1.165, 1.54) is 11.1 Å². The van der Waals surface area contributed by atoms with E-state index >= 15 is 0 Å². The summed E-state index contributed by atoms with van der Waals surface area (Å²) in [5.41, 5.74) is 3.60. The number of unbranched alkanes of at least 4 members (excludes halogenated alkanes) is 2. The number of nitriles is 1. The zero-order valence-electron chi connectivity index (χ0n) is 10.5. The van der Waals surface area contributed by atoms with E-state index in [4.69, 9.17) is 5.26 Å². The summed E-state index contributed by atoms with van der Waals surface area (Å²) in [7, 11) is -0.800. The van der Waals surface area contributed by atoms with Crippen LogP contribution in [0.25, 0.3) is 0 Å². The average Bonchev–Trinajstić information content (AvgIpc) is 2.23. The monoisotopic (exact) mass is 249 g/mol. The van der Waals surface area contributed by atoms with Gasteiger partial charge >= 0.3 is 0 Å². The summed E-state index contributed by atoms with van der Waals surface area (Å²) in [5, 5.41) is 8.40. The number of rotatable bonds is 6. The minimum atomic E-state index is -0.800. The molecule has 0 N–H and O–H groups in total. The average molecular weight is 249 g/mol. The van der Waals surface area contributed by atoms with Gasteiger partial charge in [-0.3, -0.25) is 4.21 Å².